The lowest BCUT2D eigenvalue weighted by Crippen LogP contribution is -2.60. The first-order chi connectivity index (χ1) is 6.49. The zero-order chi connectivity index (χ0) is 10.9. The van der Waals surface area contributed by atoms with Gasteiger partial charge in [0, 0.05) is 0 Å². The van der Waals surface area contributed by atoms with E-state index in [2.05, 4.69) is 4.74 Å². The lowest BCUT2D eigenvalue weighted by molar-refractivity contribution is -0.233. The molecule has 0 spiro atoms. The fourth-order valence-electron chi connectivity index (χ4n) is 1.31. The van der Waals surface area contributed by atoms with E-state index in [1.165, 1.54) is 0 Å². The molecule has 7 nitrogen and oxygen atoms in total. The van der Waals surface area contributed by atoms with E-state index in [9.17, 15) is 20.1 Å². The molecule has 0 aromatic rings. The third kappa shape index (κ3) is 1.86. The van der Waals surface area contributed by atoms with E-state index in [1.807, 2.05) is 0 Å². The number of rotatable bonds is 2. The van der Waals surface area contributed by atoms with Crippen molar-refractivity contribution in [3.63, 3.8) is 0 Å². The largest absolute Gasteiger partial charge is 0.479 e. The third-order valence-electron chi connectivity index (χ3n) is 2.14. The van der Waals surface area contributed by atoms with Gasteiger partial charge in [-0.15, -0.1) is 0 Å². The van der Waals surface area contributed by atoms with Crippen LogP contribution < -0.4 is 0 Å². The van der Waals surface area contributed by atoms with E-state index in [4.69, 9.17) is 10.2 Å². The summed E-state index contributed by atoms with van der Waals surface area (Å²) in [5.41, 5.74) is 0. The van der Waals surface area contributed by atoms with E-state index in [1.54, 1.807) is 0 Å². The van der Waals surface area contributed by atoms with E-state index < -0.39 is 43.1 Å². The Morgan fingerprint density at radius 1 is 1.14 bits per heavy atom. The van der Waals surface area contributed by atoms with E-state index >= 15 is 0 Å². The summed E-state index contributed by atoms with van der Waals surface area (Å²) in [6.45, 7) is -0.630. The zero-order valence-corrected chi connectivity index (χ0v) is 7.15. The van der Waals surface area contributed by atoms with Crippen molar-refractivity contribution in [1.29, 1.82) is 0 Å². The van der Waals surface area contributed by atoms with Crippen molar-refractivity contribution in [2.24, 2.45) is 0 Å². The van der Waals surface area contributed by atoms with E-state index in [-0.39, 0.29) is 0 Å². The van der Waals surface area contributed by atoms with Crippen LogP contribution in [0.4, 0.5) is 0 Å². The summed E-state index contributed by atoms with van der Waals surface area (Å²) in [4.78, 5) is 10.5. The number of hydrogen-bond donors (Lipinski definition) is 5. The average molecular weight is 208 g/mol. The molecule has 1 heterocycles. The van der Waals surface area contributed by atoms with Crippen LogP contribution in [0.1, 0.15) is 0 Å². The van der Waals surface area contributed by atoms with Gasteiger partial charge in [-0.1, -0.05) is 0 Å². The van der Waals surface area contributed by atoms with Crippen LogP contribution >= 0.6 is 0 Å². The monoisotopic (exact) mass is 208 g/mol. The van der Waals surface area contributed by atoms with Crippen molar-refractivity contribution >= 4 is 5.97 Å². The third-order valence-corrected chi connectivity index (χ3v) is 2.14. The Morgan fingerprint density at radius 3 is 2.14 bits per heavy atom. The number of carboxylic acids is 1. The van der Waals surface area contributed by atoms with Gasteiger partial charge in [0.1, 0.15) is 24.4 Å². The predicted octanol–water partition coefficient (Wildman–Crippen LogP) is -3.09. The molecule has 0 aliphatic carbocycles. The van der Waals surface area contributed by atoms with Crippen molar-refractivity contribution in [3.8, 4) is 0 Å². The molecule has 1 saturated heterocycles. The molecule has 1 fully saturated rings. The molecule has 0 aromatic heterocycles. The number of carboxylic acid groups (broad SMARTS) is 1. The molecule has 5 N–H and O–H groups in total. The SMILES string of the molecule is O=C(O)C1O[C@H](CO)[C@@H](O)[C@H](O)[C@H]1O. The van der Waals surface area contributed by atoms with Crippen LogP contribution in [0, 0.1) is 0 Å². The summed E-state index contributed by atoms with van der Waals surface area (Å²) < 4.78 is 4.68. The maximum Gasteiger partial charge on any atom is 0.335 e. The molecular weight excluding hydrogens is 196 g/mol. The lowest BCUT2D eigenvalue weighted by Gasteiger charge is -2.38. The molecule has 5 atom stereocenters. The Labute approximate surface area is 79.2 Å². The van der Waals surface area contributed by atoms with Crippen LogP contribution in [0.3, 0.4) is 0 Å². The summed E-state index contributed by atoms with van der Waals surface area (Å²) in [7, 11) is 0. The fraction of sp³-hybridized carbons (Fsp3) is 0.857. The van der Waals surface area contributed by atoms with Gasteiger partial charge in [-0.05, 0) is 0 Å². The summed E-state index contributed by atoms with van der Waals surface area (Å²) in [5, 5.41) is 44.9. The highest BCUT2D eigenvalue weighted by Crippen LogP contribution is 2.20. The van der Waals surface area contributed by atoms with Gasteiger partial charge in [-0.25, -0.2) is 4.79 Å². The van der Waals surface area contributed by atoms with Gasteiger partial charge in [-0.2, -0.15) is 0 Å². The highest BCUT2D eigenvalue weighted by Gasteiger charge is 2.46. The maximum atomic E-state index is 10.5. The Balaban J connectivity index is 2.78. The van der Waals surface area contributed by atoms with Crippen molar-refractivity contribution in [2.75, 3.05) is 6.61 Å². The van der Waals surface area contributed by atoms with Gasteiger partial charge < -0.3 is 30.3 Å². The van der Waals surface area contributed by atoms with Crippen molar-refractivity contribution in [1.82, 2.24) is 0 Å². The quantitative estimate of drug-likeness (QED) is 0.325. The van der Waals surface area contributed by atoms with Crippen LogP contribution in [0.15, 0.2) is 0 Å². The van der Waals surface area contributed by atoms with Crippen LogP contribution in [0.2, 0.25) is 0 Å². The minimum Gasteiger partial charge on any atom is -0.479 e. The molecule has 1 unspecified atom stereocenters. The van der Waals surface area contributed by atoms with E-state index in [0.717, 1.165) is 0 Å². The molecule has 7 heteroatoms. The van der Waals surface area contributed by atoms with Gasteiger partial charge in [-0.3, -0.25) is 0 Å². The normalized spacial score (nSPS) is 43.6. The summed E-state index contributed by atoms with van der Waals surface area (Å²) in [5.74, 6) is -1.46. The van der Waals surface area contributed by atoms with Gasteiger partial charge in [0.05, 0.1) is 6.61 Å². The molecule has 0 amide bonds. The smallest absolute Gasteiger partial charge is 0.335 e. The molecular formula is C7H12O7. The standard InChI is InChI=1S/C7H12O7/c8-1-2-3(9)4(10)5(11)6(14-2)7(12)13/h2-6,8-11H,1H2,(H,12,13)/t2-,3-,4+,5-,6?/m1/s1. The van der Waals surface area contributed by atoms with E-state index in [0.29, 0.717) is 0 Å². The number of carbonyl (C=O) groups is 1. The fourth-order valence-corrected chi connectivity index (χ4v) is 1.31. The number of hydrogen-bond acceptors (Lipinski definition) is 6. The van der Waals surface area contributed by atoms with Crippen molar-refractivity contribution in [3.05, 3.63) is 0 Å². The predicted molar refractivity (Wildman–Crippen MR) is 41.4 cm³/mol. The highest BCUT2D eigenvalue weighted by atomic mass is 16.6. The van der Waals surface area contributed by atoms with Crippen LogP contribution in [-0.4, -0.2) is 68.6 Å². The highest BCUT2D eigenvalue weighted by molar-refractivity contribution is 5.73. The first kappa shape index (κ1) is 11.3. The van der Waals surface area contributed by atoms with Gasteiger partial charge in [0.25, 0.3) is 0 Å². The molecule has 0 aromatic carbocycles. The molecule has 14 heavy (non-hydrogen) atoms. The summed E-state index contributed by atoms with van der Waals surface area (Å²) in [6.07, 6.45) is -7.67. The van der Waals surface area contributed by atoms with Gasteiger partial charge in [0.2, 0.25) is 0 Å². The zero-order valence-electron chi connectivity index (χ0n) is 7.15. The molecule has 0 saturated carbocycles. The number of aliphatic hydroxyl groups excluding tert-OH is 4. The van der Waals surface area contributed by atoms with Crippen LogP contribution in [0.25, 0.3) is 0 Å². The van der Waals surface area contributed by atoms with Crippen molar-refractivity contribution in [2.45, 2.75) is 30.5 Å². The Kier molecular flexibility index (Phi) is 3.40. The minimum atomic E-state index is -1.70. The van der Waals surface area contributed by atoms with Gasteiger partial charge >= 0.3 is 5.97 Å². The van der Waals surface area contributed by atoms with Crippen molar-refractivity contribution < 1.29 is 35.1 Å². The van der Waals surface area contributed by atoms with Crippen LogP contribution in [-0.2, 0) is 9.53 Å². The Hall–Kier alpha value is -0.730. The lowest BCUT2D eigenvalue weighted by atomic mass is 9.95. The van der Waals surface area contributed by atoms with Crippen LogP contribution in [0.5, 0.6) is 0 Å². The Bertz CT molecular complexity index is 216. The number of ether oxygens (including phenoxy) is 1. The first-order valence-corrected chi connectivity index (χ1v) is 4.02. The molecule has 1 aliphatic rings. The molecule has 1 aliphatic heterocycles. The summed E-state index contributed by atoms with van der Waals surface area (Å²) >= 11 is 0. The number of aliphatic hydroxyl groups is 4. The second-order valence-corrected chi connectivity index (χ2v) is 3.09. The van der Waals surface area contributed by atoms with Gasteiger partial charge in [0.15, 0.2) is 6.10 Å². The second kappa shape index (κ2) is 4.20. The average Bonchev–Trinajstić information content (AvgIpc) is 2.14. The summed E-state index contributed by atoms with van der Waals surface area (Å²) in [6, 6.07) is 0. The first-order valence-electron chi connectivity index (χ1n) is 4.02. The molecule has 82 valence electrons. The Morgan fingerprint density at radius 2 is 1.71 bits per heavy atom. The molecule has 0 bridgehead atoms. The maximum absolute atomic E-state index is 10.5. The number of aliphatic carboxylic acids is 1. The molecule has 0 radical (unpaired) electrons. The minimum absolute atomic E-state index is 0.630. The second-order valence-electron chi connectivity index (χ2n) is 3.09. The topological polar surface area (TPSA) is 127 Å². The molecule has 1 rings (SSSR count).